The quantitative estimate of drug-likeness (QED) is 0.443. The minimum absolute atomic E-state index is 0.0633. The zero-order valence-electron chi connectivity index (χ0n) is 11.9. The van der Waals surface area contributed by atoms with Crippen molar-refractivity contribution in [3.63, 3.8) is 0 Å². The Labute approximate surface area is 113 Å². The Kier molecular flexibility index (Phi) is 5.50. The molecule has 0 aliphatic carbocycles. The van der Waals surface area contributed by atoms with Gasteiger partial charge in [-0.1, -0.05) is 13.8 Å². The summed E-state index contributed by atoms with van der Waals surface area (Å²) in [5, 5.41) is 5.82. The highest BCUT2D eigenvalue weighted by Crippen LogP contribution is 2.18. The number of hydrogen-bond acceptors (Lipinski definition) is 6. The highest BCUT2D eigenvalue weighted by molar-refractivity contribution is 5.80. The maximum absolute atomic E-state index is 11.6. The smallest absolute Gasteiger partial charge is 0.239 e. The lowest BCUT2D eigenvalue weighted by atomic mass is 10.2. The van der Waals surface area contributed by atoms with Crippen LogP contribution in [0.25, 0.3) is 0 Å². The van der Waals surface area contributed by atoms with Crippen LogP contribution in [0.2, 0.25) is 0 Å². The molecule has 0 aromatic carbocycles. The summed E-state index contributed by atoms with van der Waals surface area (Å²) in [4.78, 5) is 20.0. The Morgan fingerprint density at radius 1 is 1.26 bits per heavy atom. The number of hydrogen-bond donors (Lipinski definition) is 4. The second kappa shape index (κ2) is 6.89. The number of aryl methyl sites for hydroxylation is 1. The molecule has 5 N–H and O–H groups in total. The van der Waals surface area contributed by atoms with E-state index in [9.17, 15) is 4.79 Å². The Morgan fingerprint density at radius 2 is 1.89 bits per heavy atom. The van der Waals surface area contributed by atoms with Gasteiger partial charge in [0.25, 0.3) is 0 Å². The van der Waals surface area contributed by atoms with Gasteiger partial charge in [0, 0.05) is 12.1 Å². The van der Waals surface area contributed by atoms with E-state index in [4.69, 9.17) is 5.84 Å². The maximum Gasteiger partial charge on any atom is 0.239 e. The van der Waals surface area contributed by atoms with E-state index in [1.54, 1.807) is 6.92 Å². The summed E-state index contributed by atoms with van der Waals surface area (Å²) < 4.78 is 0. The van der Waals surface area contributed by atoms with Crippen molar-refractivity contribution < 1.29 is 4.79 Å². The lowest BCUT2D eigenvalue weighted by Crippen LogP contribution is -2.32. The van der Waals surface area contributed by atoms with Gasteiger partial charge in [-0.15, -0.1) is 0 Å². The van der Waals surface area contributed by atoms with E-state index >= 15 is 0 Å². The van der Waals surface area contributed by atoms with Crippen LogP contribution in [-0.4, -0.2) is 29.0 Å². The van der Waals surface area contributed by atoms with Gasteiger partial charge in [-0.3, -0.25) is 4.79 Å². The fraction of sp³-hybridized carbons (Fsp3) is 0.583. The molecule has 1 heterocycles. The molecular weight excluding hydrogens is 244 g/mol. The highest BCUT2D eigenvalue weighted by atomic mass is 16.1. The molecule has 106 valence electrons. The van der Waals surface area contributed by atoms with Crippen molar-refractivity contribution in [2.45, 2.75) is 27.7 Å². The number of nitrogen functional groups attached to an aromatic ring is 1. The van der Waals surface area contributed by atoms with Crippen molar-refractivity contribution in [3.05, 3.63) is 11.4 Å². The van der Waals surface area contributed by atoms with E-state index in [0.29, 0.717) is 29.9 Å². The predicted octanol–water partition coefficient (Wildman–Crippen LogP) is 0.563. The minimum atomic E-state index is -0.0633. The lowest BCUT2D eigenvalue weighted by molar-refractivity contribution is -0.119. The van der Waals surface area contributed by atoms with Gasteiger partial charge < -0.3 is 16.1 Å². The molecule has 0 fully saturated rings. The Bertz CT molecular complexity index is 446. The molecule has 1 amide bonds. The average Bonchev–Trinajstić information content (AvgIpc) is 2.36. The van der Waals surface area contributed by atoms with Crippen molar-refractivity contribution in [1.82, 2.24) is 15.3 Å². The van der Waals surface area contributed by atoms with Gasteiger partial charge in [0.05, 0.1) is 6.54 Å². The van der Waals surface area contributed by atoms with Gasteiger partial charge in [0.1, 0.15) is 17.5 Å². The van der Waals surface area contributed by atoms with Crippen molar-refractivity contribution in [2.75, 3.05) is 23.8 Å². The number of aromatic nitrogens is 2. The summed E-state index contributed by atoms with van der Waals surface area (Å²) in [7, 11) is 0. The maximum atomic E-state index is 11.6. The van der Waals surface area contributed by atoms with Crippen molar-refractivity contribution >= 4 is 17.5 Å². The first-order valence-corrected chi connectivity index (χ1v) is 6.26. The molecule has 1 aromatic rings. The molecule has 1 rings (SSSR count). The molecule has 19 heavy (non-hydrogen) atoms. The molecule has 0 radical (unpaired) electrons. The molecule has 0 unspecified atom stereocenters. The number of carbonyl (C=O) groups is 1. The molecule has 0 atom stereocenters. The second-order valence-electron chi connectivity index (χ2n) is 4.79. The van der Waals surface area contributed by atoms with E-state index in [1.165, 1.54) is 0 Å². The Hall–Kier alpha value is -1.89. The Balaban J connectivity index is 2.62. The number of nitrogens with two attached hydrogens (primary N) is 1. The summed E-state index contributed by atoms with van der Waals surface area (Å²) in [6, 6.07) is 0. The number of rotatable bonds is 6. The van der Waals surface area contributed by atoms with Crippen LogP contribution in [0.15, 0.2) is 0 Å². The van der Waals surface area contributed by atoms with Crippen molar-refractivity contribution in [1.29, 1.82) is 0 Å². The number of anilines is 2. The van der Waals surface area contributed by atoms with E-state index < -0.39 is 0 Å². The summed E-state index contributed by atoms with van der Waals surface area (Å²) in [5.41, 5.74) is 3.29. The molecule has 1 aromatic heterocycles. The van der Waals surface area contributed by atoms with Crippen LogP contribution < -0.4 is 21.9 Å². The molecule has 0 saturated heterocycles. The molecule has 0 aliphatic rings. The molecule has 0 bridgehead atoms. The number of carbonyl (C=O) groups excluding carboxylic acids is 1. The Morgan fingerprint density at radius 3 is 2.47 bits per heavy atom. The number of hydrazine groups is 1. The largest absolute Gasteiger partial charge is 0.361 e. The van der Waals surface area contributed by atoms with Gasteiger partial charge in [0.15, 0.2) is 0 Å². The van der Waals surface area contributed by atoms with Crippen LogP contribution >= 0.6 is 0 Å². The summed E-state index contributed by atoms with van der Waals surface area (Å²) in [6.07, 6.45) is 0. The molecule has 0 saturated carbocycles. The monoisotopic (exact) mass is 266 g/mol. The topological polar surface area (TPSA) is 105 Å². The molecule has 0 aliphatic heterocycles. The van der Waals surface area contributed by atoms with Gasteiger partial charge in [0.2, 0.25) is 5.91 Å². The van der Waals surface area contributed by atoms with Crippen LogP contribution in [0.4, 0.5) is 11.6 Å². The third-order valence-electron chi connectivity index (χ3n) is 2.52. The van der Waals surface area contributed by atoms with E-state index in [-0.39, 0.29) is 12.5 Å². The fourth-order valence-electron chi connectivity index (χ4n) is 1.49. The lowest BCUT2D eigenvalue weighted by Gasteiger charge is -2.13. The van der Waals surface area contributed by atoms with Crippen LogP contribution in [0, 0.1) is 19.8 Å². The summed E-state index contributed by atoms with van der Waals surface area (Å²) in [6.45, 7) is 8.54. The zero-order valence-corrected chi connectivity index (χ0v) is 11.9. The van der Waals surface area contributed by atoms with Crippen LogP contribution in [-0.2, 0) is 4.79 Å². The molecule has 0 spiro atoms. The zero-order chi connectivity index (χ0) is 14.4. The SMILES string of the molecule is Cc1nc(NN)c(C)c(NCC(=O)NCC(C)C)n1. The van der Waals surface area contributed by atoms with Gasteiger partial charge in [-0.05, 0) is 19.8 Å². The van der Waals surface area contributed by atoms with E-state index in [1.807, 2.05) is 20.8 Å². The van der Waals surface area contributed by atoms with Gasteiger partial charge in [-0.25, -0.2) is 15.8 Å². The molecule has 7 heteroatoms. The second-order valence-corrected chi connectivity index (χ2v) is 4.79. The third-order valence-corrected chi connectivity index (χ3v) is 2.52. The van der Waals surface area contributed by atoms with Crippen LogP contribution in [0.1, 0.15) is 25.2 Å². The van der Waals surface area contributed by atoms with E-state index in [2.05, 4.69) is 26.0 Å². The fourth-order valence-corrected chi connectivity index (χ4v) is 1.49. The first-order valence-electron chi connectivity index (χ1n) is 6.26. The van der Waals surface area contributed by atoms with E-state index in [0.717, 1.165) is 5.56 Å². The highest BCUT2D eigenvalue weighted by Gasteiger charge is 2.09. The van der Waals surface area contributed by atoms with Crippen molar-refractivity contribution in [2.24, 2.45) is 11.8 Å². The molecule has 7 nitrogen and oxygen atoms in total. The van der Waals surface area contributed by atoms with Crippen molar-refractivity contribution in [3.8, 4) is 0 Å². The minimum Gasteiger partial charge on any atom is -0.361 e. The number of nitrogens with zero attached hydrogens (tertiary/aromatic N) is 2. The van der Waals surface area contributed by atoms with Gasteiger partial charge >= 0.3 is 0 Å². The normalized spacial score (nSPS) is 10.4. The number of amides is 1. The first kappa shape index (κ1) is 15.2. The average molecular weight is 266 g/mol. The van der Waals surface area contributed by atoms with Gasteiger partial charge in [-0.2, -0.15) is 0 Å². The summed E-state index contributed by atoms with van der Waals surface area (Å²) >= 11 is 0. The summed E-state index contributed by atoms with van der Waals surface area (Å²) in [5.74, 6) is 7.50. The number of nitrogens with one attached hydrogen (secondary N) is 3. The standard InChI is InChI=1S/C12H22N6O/c1-7(2)5-14-10(19)6-15-11-8(3)12(18-13)17-9(4)16-11/h7H,5-6,13H2,1-4H3,(H,14,19)(H2,15,16,17,18). The molecular formula is C12H22N6O. The third kappa shape index (κ3) is 4.70. The predicted molar refractivity (Wildman–Crippen MR) is 75.7 cm³/mol. The van der Waals surface area contributed by atoms with Crippen LogP contribution in [0.5, 0.6) is 0 Å². The van der Waals surface area contributed by atoms with Crippen LogP contribution in [0.3, 0.4) is 0 Å². The first-order chi connectivity index (χ1) is 8.93.